The number of aryl methyl sites for hydroxylation is 1. The molecule has 0 aromatic heterocycles. The summed E-state index contributed by atoms with van der Waals surface area (Å²) in [6.45, 7) is 8.49. The van der Waals surface area contributed by atoms with Gasteiger partial charge in [0.05, 0.1) is 20.6 Å². The van der Waals surface area contributed by atoms with Gasteiger partial charge in [0.1, 0.15) is 12.6 Å². The Hall–Kier alpha value is -3.07. The second-order valence-corrected chi connectivity index (χ2v) is 13.0. The van der Waals surface area contributed by atoms with Gasteiger partial charge in [0.15, 0.2) is 0 Å². The van der Waals surface area contributed by atoms with Crippen LogP contribution in [0.4, 0.5) is 5.69 Å². The van der Waals surface area contributed by atoms with Gasteiger partial charge in [0.2, 0.25) is 11.8 Å². The highest BCUT2D eigenvalue weighted by Gasteiger charge is 2.33. The van der Waals surface area contributed by atoms with Gasteiger partial charge in [-0.1, -0.05) is 65.2 Å². The molecule has 0 heterocycles. The number of sulfonamides is 1. The summed E-state index contributed by atoms with van der Waals surface area (Å²) in [5.74, 6) is -0.930. The van der Waals surface area contributed by atoms with Gasteiger partial charge in [0, 0.05) is 12.1 Å². The minimum Gasteiger partial charge on any atom is -0.350 e. The summed E-state index contributed by atoms with van der Waals surface area (Å²) >= 11 is 12.3. The summed E-state index contributed by atoms with van der Waals surface area (Å²) in [5.41, 5.74) is 1.34. The van der Waals surface area contributed by atoms with E-state index in [-0.39, 0.29) is 17.3 Å². The molecule has 3 rings (SSSR count). The Labute approximate surface area is 240 Å². The van der Waals surface area contributed by atoms with Crippen LogP contribution in [0.1, 0.15) is 38.8 Å². The molecule has 0 unspecified atom stereocenters. The molecule has 0 aliphatic rings. The molecule has 1 atom stereocenters. The predicted molar refractivity (Wildman–Crippen MR) is 157 cm³/mol. The van der Waals surface area contributed by atoms with E-state index in [0.717, 1.165) is 9.87 Å². The van der Waals surface area contributed by atoms with E-state index in [1.165, 1.54) is 17.0 Å². The third-order valence-corrected chi connectivity index (χ3v) is 8.46. The number of anilines is 1. The van der Waals surface area contributed by atoms with Gasteiger partial charge >= 0.3 is 0 Å². The molecule has 0 saturated heterocycles. The number of nitrogens with zero attached hydrogens (tertiary/aromatic N) is 2. The van der Waals surface area contributed by atoms with Crippen molar-refractivity contribution in [3.8, 4) is 0 Å². The van der Waals surface area contributed by atoms with E-state index in [9.17, 15) is 18.0 Å². The summed E-state index contributed by atoms with van der Waals surface area (Å²) < 4.78 is 28.6. The minimum absolute atomic E-state index is 0.0155. The summed E-state index contributed by atoms with van der Waals surface area (Å²) in [4.78, 5) is 28.4. The lowest BCUT2D eigenvalue weighted by molar-refractivity contribution is -0.140. The number of rotatable bonds is 9. The topological polar surface area (TPSA) is 86.8 Å². The molecule has 0 aliphatic carbocycles. The second-order valence-electron chi connectivity index (χ2n) is 10.3. The maximum atomic E-state index is 13.9. The van der Waals surface area contributed by atoms with Crippen LogP contribution in [0.5, 0.6) is 0 Å². The van der Waals surface area contributed by atoms with E-state index in [4.69, 9.17) is 23.2 Å². The van der Waals surface area contributed by atoms with Crippen molar-refractivity contribution in [3.05, 3.63) is 94.0 Å². The van der Waals surface area contributed by atoms with Crippen molar-refractivity contribution in [1.82, 2.24) is 10.2 Å². The molecule has 0 saturated carbocycles. The van der Waals surface area contributed by atoms with E-state index in [0.29, 0.717) is 21.3 Å². The van der Waals surface area contributed by atoms with Gasteiger partial charge in [-0.15, -0.1) is 0 Å². The Kier molecular flexibility index (Phi) is 9.69. The molecule has 3 aromatic carbocycles. The molecule has 0 radical (unpaired) electrons. The Balaban J connectivity index is 2.02. The fourth-order valence-corrected chi connectivity index (χ4v) is 5.59. The average Bonchev–Trinajstić information content (AvgIpc) is 2.87. The molecule has 39 heavy (non-hydrogen) atoms. The average molecular weight is 591 g/mol. The van der Waals surface area contributed by atoms with Crippen LogP contribution in [0.15, 0.2) is 77.7 Å². The number of para-hydroxylation sites is 1. The SMILES string of the molecule is Cc1ccc(S(=O)(=O)N(CC(=O)N(Cc2ccc(Cl)c(Cl)c2)[C@@H](C)C(=O)NC(C)(C)C)c2ccccc2)cc1. The normalized spacial score (nSPS) is 12.5. The Bertz CT molecular complexity index is 1420. The molecule has 10 heteroatoms. The third-order valence-electron chi connectivity index (χ3n) is 5.93. The highest BCUT2D eigenvalue weighted by molar-refractivity contribution is 7.92. The zero-order valence-electron chi connectivity index (χ0n) is 22.6. The smallest absolute Gasteiger partial charge is 0.264 e. The first kappa shape index (κ1) is 30.5. The van der Waals surface area contributed by atoms with E-state index in [1.54, 1.807) is 67.6 Å². The Morgan fingerprint density at radius 2 is 1.54 bits per heavy atom. The molecule has 0 fully saturated rings. The number of halogens is 2. The zero-order chi connectivity index (χ0) is 29.0. The number of benzene rings is 3. The van der Waals surface area contributed by atoms with E-state index in [1.807, 2.05) is 27.7 Å². The van der Waals surface area contributed by atoms with Crippen LogP contribution < -0.4 is 9.62 Å². The standard InChI is InChI=1S/C29H33Cl2N3O4S/c1-20-11-14-24(15-12-20)39(37,38)34(23-9-7-6-8-10-23)19-27(35)33(21(2)28(36)32-29(3,4)5)18-22-13-16-25(30)26(31)17-22/h6-17,21H,18-19H2,1-5H3,(H,32,36)/t21-/m0/s1. The van der Waals surface area contributed by atoms with Gasteiger partial charge in [-0.25, -0.2) is 8.42 Å². The van der Waals surface area contributed by atoms with Crippen molar-refractivity contribution in [2.24, 2.45) is 0 Å². The van der Waals surface area contributed by atoms with Crippen molar-refractivity contribution in [2.75, 3.05) is 10.8 Å². The first-order valence-electron chi connectivity index (χ1n) is 12.4. The predicted octanol–water partition coefficient (Wildman–Crippen LogP) is 5.83. The summed E-state index contributed by atoms with van der Waals surface area (Å²) in [5, 5.41) is 3.56. The van der Waals surface area contributed by atoms with Crippen LogP contribution in [-0.4, -0.2) is 43.3 Å². The molecule has 0 aliphatic heterocycles. The van der Waals surface area contributed by atoms with Gasteiger partial charge < -0.3 is 10.2 Å². The number of hydrogen-bond donors (Lipinski definition) is 1. The van der Waals surface area contributed by atoms with Crippen molar-refractivity contribution in [3.63, 3.8) is 0 Å². The molecule has 7 nitrogen and oxygen atoms in total. The lowest BCUT2D eigenvalue weighted by atomic mass is 10.1. The molecular formula is C29H33Cl2N3O4S. The molecule has 2 amide bonds. The lowest BCUT2D eigenvalue weighted by Crippen LogP contribution is -2.54. The molecular weight excluding hydrogens is 557 g/mol. The molecule has 3 aromatic rings. The summed E-state index contributed by atoms with van der Waals surface area (Å²) in [7, 11) is -4.11. The maximum absolute atomic E-state index is 13.9. The van der Waals surface area contributed by atoms with Crippen LogP contribution in [0.25, 0.3) is 0 Å². The highest BCUT2D eigenvalue weighted by Crippen LogP contribution is 2.26. The highest BCUT2D eigenvalue weighted by atomic mass is 35.5. The van der Waals surface area contributed by atoms with Crippen molar-refractivity contribution in [1.29, 1.82) is 0 Å². The molecule has 0 bridgehead atoms. The minimum atomic E-state index is -4.11. The molecule has 1 N–H and O–H groups in total. The first-order valence-corrected chi connectivity index (χ1v) is 14.6. The Morgan fingerprint density at radius 1 is 0.923 bits per heavy atom. The quantitative estimate of drug-likeness (QED) is 0.340. The number of amides is 2. The van der Waals surface area contributed by atoms with Gasteiger partial charge in [-0.05, 0) is 76.6 Å². The van der Waals surface area contributed by atoms with E-state index >= 15 is 0 Å². The van der Waals surface area contributed by atoms with Crippen molar-refractivity contribution in [2.45, 2.75) is 57.6 Å². The van der Waals surface area contributed by atoms with Gasteiger partial charge in [-0.3, -0.25) is 13.9 Å². The van der Waals surface area contributed by atoms with Crippen LogP contribution in [0, 0.1) is 6.92 Å². The van der Waals surface area contributed by atoms with Crippen LogP contribution in [0.3, 0.4) is 0 Å². The Morgan fingerprint density at radius 3 is 2.10 bits per heavy atom. The van der Waals surface area contributed by atoms with Crippen LogP contribution >= 0.6 is 23.2 Å². The van der Waals surface area contributed by atoms with Crippen LogP contribution in [0.2, 0.25) is 10.0 Å². The lowest BCUT2D eigenvalue weighted by Gasteiger charge is -2.33. The number of hydrogen-bond acceptors (Lipinski definition) is 4. The van der Waals surface area contributed by atoms with Gasteiger partial charge in [0.25, 0.3) is 10.0 Å². The van der Waals surface area contributed by atoms with Gasteiger partial charge in [-0.2, -0.15) is 0 Å². The summed E-state index contributed by atoms with van der Waals surface area (Å²) in [6.07, 6.45) is 0. The van der Waals surface area contributed by atoms with Crippen molar-refractivity contribution < 1.29 is 18.0 Å². The molecule has 0 spiro atoms. The fourth-order valence-electron chi connectivity index (χ4n) is 3.85. The second kappa shape index (κ2) is 12.4. The van der Waals surface area contributed by atoms with E-state index < -0.39 is 34.1 Å². The van der Waals surface area contributed by atoms with Crippen molar-refractivity contribution >= 4 is 50.7 Å². The third kappa shape index (κ3) is 7.97. The number of carbonyl (C=O) groups is 2. The largest absolute Gasteiger partial charge is 0.350 e. The molecule has 208 valence electrons. The summed E-state index contributed by atoms with van der Waals surface area (Å²) in [6, 6.07) is 18.9. The number of nitrogens with one attached hydrogen (secondary N) is 1. The maximum Gasteiger partial charge on any atom is 0.264 e. The zero-order valence-corrected chi connectivity index (χ0v) is 24.9. The van der Waals surface area contributed by atoms with E-state index in [2.05, 4.69) is 5.32 Å². The monoisotopic (exact) mass is 589 g/mol. The fraction of sp³-hybridized carbons (Fsp3) is 0.310. The number of carbonyl (C=O) groups excluding carboxylic acids is 2. The first-order chi connectivity index (χ1) is 18.2. The van der Waals surface area contributed by atoms with Crippen LogP contribution in [-0.2, 0) is 26.2 Å².